The SMILES string of the molecule is c1ccc(-c2ccc(-c3nc(-c4ccccc4)nc(-c4cccc(-c5ccc6c7c5c5ccccc5c5cccc(c57)n6-c5ccccc5)c4)n3)cc2)cc1. The van der Waals surface area contributed by atoms with Gasteiger partial charge in [-0.05, 0) is 68.7 Å². The molecule has 0 bridgehead atoms. The standard InChI is InChI=1S/C51H32N4/c1-4-14-33(15-5-1)34-26-28-36(29-27-34)50-52-49(35-16-6-2-7-17-35)53-51(54-50)38-19-12-18-37(32-38)40-30-31-45-48-46(40)42-23-11-10-22-41(42)43-24-13-25-44(47(43)48)55(45)39-20-8-3-9-21-39/h1-32H. The second-order valence-corrected chi connectivity index (χ2v) is 14.0. The van der Waals surface area contributed by atoms with Crippen molar-refractivity contribution in [3.8, 4) is 62.1 Å². The minimum Gasteiger partial charge on any atom is -0.309 e. The normalized spacial score (nSPS) is 11.6. The van der Waals surface area contributed by atoms with Gasteiger partial charge >= 0.3 is 0 Å². The quantitative estimate of drug-likeness (QED) is 0.162. The monoisotopic (exact) mass is 700 g/mol. The molecule has 0 unspecified atom stereocenters. The van der Waals surface area contributed by atoms with E-state index >= 15 is 0 Å². The van der Waals surface area contributed by atoms with Gasteiger partial charge in [-0.25, -0.2) is 15.0 Å². The lowest BCUT2D eigenvalue weighted by molar-refractivity contribution is 1.07. The van der Waals surface area contributed by atoms with Crippen molar-refractivity contribution >= 4 is 43.4 Å². The van der Waals surface area contributed by atoms with Crippen molar-refractivity contribution in [1.82, 2.24) is 19.5 Å². The van der Waals surface area contributed by atoms with Crippen LogP contribution in [0, 0.1) is 0 Å². The summed E-state index contributed by atoms with van der Waals surface area (Å²) in [5.74, 6) is 1.92. The first-order chi connectivity index (χ1) is 27.3. The Morgan fingerprint density at radius 1 is 0.291 bits per heavy atom. The Morgan fingerprint density at radius 2 is 0.764 bits per heavy atom. The molecule has 256 valence electrons. The molecule has 55 heavy (non-hydrogen) atoms. The average molecular weight is 701 g/mol. The Labute approximate surface area is 318 Å². The fourth-order valence-electron chi connectivity index (χ4n) is 8.30. The molecule has 0 fully saturated rings. The van der Waals surface area contributed by atoms with Gasteiger partial charge in [0.25, 0.3) is 0 Å². The first-order valence-electron chi connectivity index (χ1n) is 18.6. The van der Waals surface area contributed by atoms with Crippen molar-refractivity contribution in [3.63, 3.8) is 0 Å². The van der Waals surface area contributed by atoms with E-state index in [1.165, 1.54) is 54.5 Å². The van der Waals surface area contributed by atoms with Gasteiger partial charge in [0.1, 0.15) is 0 Å². The molecule has 4 nitrogen and oxygen atoms in total. The molecule has 0 N–H and O–H groups in total. The molecule has 0 spiro atoms. The van der Waals surface area contributed by atoms with Gasteiger partial charge in [0, 0.05) is 38.5 Å². The smallest absolute Gasteiger partial charge is 0.164 e. The van der Waals surface area contributed by atoms with Crippen LogP contribution in [0.25, 0.3) is 105 Å². The van der Waals surface area contributed by atoms with Crippen LogP contribution in [0.1, 0.15) is 0 Å². The summed E-state index contributed by atoms with van der Waals surface area (Å²) in [6.45, 7) is 0. The number of hydrogen-bond acceptors (Lipinski definition) is 3. The summed E-state index contributed by atoms with van der Waals surface area (Å²) in [5, 5.41) is 7.60. The van der Waals surface area contributed by atoms with Gasteiger partial charge in [-0.2, -0.15) is 0 Å². The van der Waals surface area contributed by atoms with Crippen molar-refractivity contribution in [2.45, 2.75) is 0 Å². The second kappa shape index (κ2) is 12.6. The van der Waals surface area contributed by atoms with E-state index in [1.54, 1.807) is 0 Å². The summed E-state index contributed by atoms with van der Waals surface area (Å²) in [7, 11) is 0. The van der Waals surface area contributed by atoms with Gasteiger partial charge in [-0.1, -0.05) is 164 Å². The Morgan fingerprint density at radius 3 is 1.49 bits per heavy atom. The Balaban J connectivity index is 1.11. The van der Waals surface area contributed by atoms with Crippen molar-refractivity contribution in [2.24, 2.45) is 0 Å². The van der Waals surface area contributed by atoms with E-state index in [2.05, 4.69) is 174 Å². The molecule has 2 heterocycles. The van der Waals surface area contributed by atoms with Crippen LogP contribution in [-0.4, -0.2) is 19.5 Å². The number of nitrogens with zero attached hydrogens (tertiary/aromatic N) is 4. The minimum atomic E-state index is 0.635. The second-order valence-electron chi connectivity index (χ2n) is 14.0. The fourth-order valence-corrected chi connectivity index (χ4v) is 8.30. The number of fused-ring (bicyclic) bond motifs is 3. The van der Waals surface area contributed by atoms with Gasteiger partial charge in [0.15, 0.2) is 17.5 Å². The third kappa shape index (κ3) is 5.11. The summed E-state index contributed by atoms with van der Waals surface area (Å²) < 4.78 is 2.41. The Kier molecular flexibility index (Phi) is 7.14. The van der Waals surface area contributed by atoms with Crippen LogP contribution >= 0.6 is 0 Å². The first kappa shape index (κ1) is 31.1. The maximum Gasteiger partial charge on any atom is 0.164 e. The van der Waals surface area contributed by atoms with Crippen LogP contribution < -0.4 is 0 Å². The lowest BCUT2D eigenvalue weighted by Gasteiger charge is -2.14. The highest BCUT2D eigenvalue weighted by atomic mass is 15.0. The lowest BCUT2D eigenvalue weighted by Crippen LogP contribution is -2.00. The van der Waals surface area contributed by atoms with E-state index in [9.17, 15) is 0 Å². The zero-order valence-electron chi connectivity index (χ0n) is 29.8. The predicted molar refractivity (Wildman–Crippen MR) is 228 cm³/mol. The molecule has 0 radical (unpaired) electrons. The zero-order valence-corrected chi connectivity index (χ0v) is 29.8. The van der Waals surface area contributed by atoms with Crippen molar-refractivity contribution in [2.75, 3.05) is 0 Å². The van der Waals surface area contributed by atoms with Crippen LogP contribution in [0.15, 0.2) is 194 Å². The average Bonchev–Trinajstić information content (AvgIpc) is 3.62. The number of para-hydroxylation sites is 1. The molecule has 0 aliphatic rings. The highest BCUT2D eigenvalue weighted by Gasteiger charge is 2.22. The summed E-state index contributed by atoms with van der Waals surface area (Å²) in [5.41, 5.74) is 11.0. The minimum absolute atomic E-state index is 0.635. The van der Waals surface area contributed by atoms with Gasteiger partial charge in [0.2, 0.25) is 0 Å². The van der Waals surface area contributed by atoms with Gasteiger partial charge < -0.3 is 4.57 Å². The first-order valence-corrected chi connectivity index (χ1v) is 18.6. The molecule has 0 saturated carbocycles. The molecule has 0 atom stereocenters. The molecule has 2 aromatic heterocycles. The van der Waals surface area contributed by atoms with Crippen LogP contribution in [0.4, 0.5) is 0 Å². The largest absolute Gasteiger partial charge is 0.309 e. The van der Waals surface area contributed by atoms with Crippen LogP contribution in [0.3, 0.4) is 0 Å². The number of hydrogen-bond donors (Lipinski definition) is 0. The highest BCUT2D eigenvalue weighted by Crippen LogP contribution is 2.47. The van der Waals surface area contributed by atoms with Crippen LogP contribution in [0.2, 0.25) is 0 Å². The van der Waals surface area contributed by atoms with Crippen molar-refractivity contribution in [3.05, 3.63) is 194 Å². The zero-order chi connectivity index (χ0) is 36.3. The number of benzene rings is 9. The maximum atomic E-state index is 5.13. The van der Waals surface area contributed by atoms with Crippen LogP contribution in [-0.2, 0) is 0 Å². The molecular weight excluding hydrogens is 669 g/mol. The molecule has 4 heteroatoms. The van der Waals surface area contributed by atoms with E-state index in [1.807, 2.05) is 24.3 Å². The van der Waals surface area contributed by atoms with E-state index in [0.717, 1.165) is 33.5 Å². The summed E-state index contributed by atoms with van der Waals surface area (Å²) in [6.07, 6.45) is 0. The Bertz CT molecular complexity index is 3170. The van der Waals surface area contributed by atoms with E-state index in [4.69, 9.17) is 15.0 Å². The molecule has 11 aromatic rings. The van der Waals surface area contributed by atoms with Gasteiger partial charge in [-0.15, -0.1) is 0 Å². The van der Waals surface area contributed by atoms with E-state index < -0.39 is 0 Å². The van der Waals surface area contributed by atoms with E-state index in [-0.39, 0.29) is 0 Å². The molecule has 0 aliphatic carbocycles. The van der Waals surface area contributed by atoms with Gasteiger partial charge in [0.05, 0.1) is 11.0 Å². The molecule has 9 aromatic carbocycles. The van der Waals surface area contributed by atoms with Crippen molar-refractivity contribution in [1.29, 1.82) is 0 Å². The number of rotatable bonds is 6. The summed E-state index contributed by atoms with van der Waals surface area (Å²) >= 11 is 0. The molecule has 0 saturated heterocycles. The molecule has 0 aliphatic heterocycles. The molecule has 11 rings (SSSR count). The topological polar surface area (TPSA) is 43.6 Å². The number of aromatic nitrogens is 4. The molecule has 0 amide bonds. The predicted octanol–water partition coefficient (Wildman–Crippen LogP) is 13.0. The lowest BCUT2D eigenvalue weighted by atomic mass is 9.89. The Hall–Kier alpha value is -7.43. The summed E-state index contributed by atoms with van der Waals surface area (Å²) in [6, 6.07) is 68.5. The van der Waals surface area contributed by atoms with E-state index in [0.29, 0.717) is 17.5 Å². The highest BCUT2D eigenvalue weighted by molar-refractivity contribution is 6.36. The van der Waals surface area contributed by atoms with Gasteiger partial charge in [-0.3, -0.25) is 0 Å². The third-order valence-electron chi connectivity index (χ3n) is 10.8. The van der Waals surface area contributed by atoms with Crippen molar-refractivity contribution < 1.29 is 0 Å². The fraction of sp³-hybridized carbons (Fsp3) is 0. The maximum absolute atomic E-state index is 5.13. The third-order valence-corrected chi connectivity index (χ3v) is 10.8. The van der Waals surface area contributed by atoms with Crippen LogP contribution in [0.5, 0.6) is 0 Å². The molecular formula is C51H32N4. The summed E-state index contributed by atoms with van der Waals surface area (Å²) in [4.78, 5) is 15.2.